The summed E-state index contributed by atoms with van der Waals surface area (Å²) < 4.78 is 27.4. The Balaban J connectivity index is 2.17. The van der Waals surface area contributed by atoms with Gasteiger partial charge >= 0.3 is 0 Å². The van der Waals surface area contributed by atoms with Crippen LogP contribution in [0.5, 0.6) is 0 Å². The van der Waals surface area contributed by atoms with Crippen molar-refractivity contribution in [2.45, 2.75) is 13.0 Å². The quantitative estimate of drug-likeness (QED) is 0.737. The van der Waals surface area contributed by atoms with Crippen molar-refractivity contribution in [2.75, 3.05) is 0 Å². The molecule has 0 spiro atoms. The molecular weight excluding hydrogens is 268 g/mol. The Morgan fingerprint density at radius 2 is 1.57 bits per heavy atom. The van der Waals surface area contributed by atoms with Gasteiger partial charge in [-0.25, -0.2) is 8.78 Å². The first-order valence-corrected chi connectivity index (χ1v) is 6.76. The molecule has 0 saturated heterocycles. The van der Waals surface area contributed by atoms with E-state index in [2.05, 4.69) is 0 Å². The maximum atomic E-state index is 14.0. The van der Waals surface area contributed by atoms with E-state index in [1.807, 2.05) is 42.5 Å². The molecule has 0 fully saturated rings. The van der Waals surface area contributed by atoms with Crippen LogP contribution in [0.4, 0.5) is 8.78 Å². The Bertz CT molecular complexity index is 806. The maximum Gasteiger partial charge on any atom is 0.131 e. The summed E-state index contributed by atoms with van der Waals surface area (Å²) >= 11 is 0. The van der Waals surface area contributed by atoms with Gasteiger partial charge in [0.1, 0.15) is 11.6 Å². The second-order valence-corrected chi connectivity index (χ2v) is 5.17. The van der Waals surface area contributed by atoms with E-state index >= 15 is 0 Å². The van der Waals surface area contributed by atoms with Gasteiger partial charge in [0.05, 0.1) is 6.04 Å². The van der Waals surface area contributed by atoms with E-state index in [0.29, 0.717) is 11.1 Å². The van der Waals surface area contributed by atoms with E-state index in [9.17, 15) is 8.78 Å². The van der Waals surface area contributed by atoms with Crippen LogP contribution in [-0.4, -0.2) is 0 Å². The fourth-order valence-corrected chi connectivity index (χ4v) is 2.61. The lowest BCUT2D eigenvalue weighted by Gasteiger charge is -2.17. The van der Waals surface area contributed by atoms with Gasteiger partial charge in [0.15, 0.2) is 0 Å². The molecule has 1 unspecified atom stereocenters. The number of rotatable bonds is 2. The Labute approximate surface area is 122 Å². The predicted molar refractivity (Wildman–Crippen MR) is 81.1 cm³/mol. The molecule has 0 bridgehead atoms. The third-order valence-corrected chi connectivity index (χ3v) is 3.77. The minimum atomic E-state index is -0.629. The van der Waals surface area contributed by atoms with Gasteiger partial charge in [0.25, 0.3) is 0 Å². The summed E-state index contributed by atoms with van der Waals surface area (Å²) in [6, 6.07) is 15.3. The molecule has 3 rings (SSSR count). The maximum absolute atomic E-state index is 14.0. The van der Waals surface area contributed by atoms with Gasteiger partial charge in [-0.3, -0.25) is 0 Å². The zero-order valence-electron chi connectivity index (χ0n) is 11.6. The molecule has 2 N–H and O–H groups in total. The average Bonchev–Trinajstić information content (AvgIpc) is 2.49. The molecule has 0 aliphatic rings. The van der Waals surface area contributed by atoms with E-state index in [-0.39, 0.29) is 0 Å². The molecule has 0 aliphatic heterocycles. The molecule has 1 nitrogen and oxygen atoms in total. The molecule has 0 aromatic heterocycles. The zero-order valence-corrected chi connectivity index (χ0v) is 11.6. The monoisotopic (exact) mass is 283 g/mol. The number of fused-ring (bicyclic) bond motifs is 1. The van der Waals surface area contributed by atoms with Crippen LogP contribution in [-0.2, 0) is 0 Å². The van der Waals surface area contributed by atoms with E-state index in [4.69, 9.17) is 5.73 Å². The molecule has 0 amide bonds. The summed E-state index contributed by atoms with van der Waals surface area (Å²) in [5.74, 6) is -1.17. The number of nitrogens with two attached hydrogens (primary N) is 1. The van der Waals surface area contributed by atoms with Crippen LogP contribution in [0, 0.1) is 18.6 Å². The van der Waals surface area contributed by atoms with E-state index < -0.39 is 17.7 Å². The number of aryl methyl sites for hydroxylation is 1. The van der Waals surface area contributed by atoms with Crippen molar-refractivity contribution in [3.63, 3.8) is 0 Å². The second kappa shape index (κ2) is 5.26. The SMILES string of the molecule is Cc1cc(C(N)c2cccc3ccccc23)c(F)cc1F. The molecular formula is C18H15F2N. The van der Waals surface area contributed by atoms with Crippen molar-refractivity contribution in [1.29, 1.82) is 0 Å². The van der Waals surface area contributed by atoms with Gasteiger partial charge < -0.3 is 5.73 Å². The fourth-order valence-electron chi connectivity index (χ4n) is 2.61. The topological polar surface area (TPSA) is 26.0 Å². The molecule has 1 atom stereocenters. The highest BCUT2D eigenvalue weighted by Crippen LogP contribution is 2.29. The summed E-state index contributed by atoms with van der Waals surface area (Å²) in [6.07, 6.45) is 0. The van der Waals surface area contributed by atoms with Gasteiger partial charge in [-0.05, 0) is 34.9 Å². The van der Waals surface area contributed by atoms with Crippen LogP contribution in [0.2, 0.25) is 0 Å². The average molecular weight is 283 g/mol. The van der Waals surface area contributed by atoms with Crippen molar-refractivity contribution < 1.29 is 8.78 Å². The molecule has 106 valence electrons. The number of halogens is 2. The summed E-state index contributed by atoms with van der Waals surface area (Å²) in [5.41, 5.74) is 7.77. The smallest absolute Gasteiger partial charge is 0.131 e. The first-order valence-electron chi connectivity index (χ1n) is 6.76. The van der Waals surface area contributed by atoms with Crippen LogP contribution < -0.4 is 5.73 Å². The molecule has 3 heteroatoms. The van der Waals surface area contributed by atoms with Crippen LogP contribution in [0.3, 0.4) is 0 Å². The Kier molecular flexibility index (Phi) is 3.43. The van der Waals surface area contributed by atoms with Gasteiger partial charge in [-0.15, -0.1) is 0 Å². The Morgan fingerprint density at radius 1 is 0.857 bits per heavy atom. The normalized spacial score (nSPS) is 12.6. The molecule has 0 radical (unpaired) electrons. The van der Waals surface area contributed by atoms with Crippen molar-refractivity contribution in [1.82, 2.24) is 0 Å². The largest absolute Gasteiger partial charge is 0.320 e. The number of hydrogen-bond acceptors (Lipinski definition) is 1. The van der Waals surface area contributed by atoms with Crippen molar-refractivity contribution in [3.05, 3.63) is 82.9 Å². The number of hydrogen-bond donors (Lipinski definition) is 1. The van der Waals surface area contributed by atoms with E-state index in [0.717, 1.165) is 22.4 Å². The van der Waals surface area contributed by atoms with Crippen LogP contribution in [0.15, 0.2) is 54.6 Å². The molecule has 0 heterocycles. The predicted octanol–water partition coefficient (Wildman–Crippen LogP) is 4.47. The molecule has 0 saturated carbocycles. The first-order chi connectivity index (χ1) is 10.1. The summed E-state index contributed by atoms with van der Waals surface area (Å²) in [4.78, 5) is 0. The first kappa shape index (κ1) is 13.7. The standard InChI is InChI=1S/C18H15F2N/c1-11-9-15(17(20)10-16(11)19)18(21)14-8-4-6-12-5-2-3-7-13(12)14/h2-10,18H,21H2,1H3. The minimum Gasteiger partial charge on any atom is -0.320 e. The fraction of sp³-hybridized carbons (Fsp3) is 0.111. The van der Waals surface area contributed by atoms with E-state index in [1.54, 1.807) is 6.92 Å². The van der Waals surface area contributed by atoms with Crippen molar-refractivity contribution in [3.8, 4) is 0 Å². The minimum absolute atomic E-state index is 0.310. The Hall–Kier alpha value is -2.26. The molecule has 21 heavy (non-hydrogen) atoms. The summed E-state index contributed by atoms with van der Waals surface area (Å²) in [6.45, 7) is 1.61. The molecule has 0 aliphatic carbocycles. The van der Waals surface area contributed by atoms with Crippen molar-refractivity contribution >= 4 is 10.8 Å². The Morgan fingerprint density at radius 3 is 2.38 bits per heavy atom. The van der Waals surface area contributed by atoms with Gasteiger partial charge in [0.2, 0.25) is 0 Å². The van der Waals surface area contributed by atoms with Gasteiger partial charge in [-0.1, -0.05) is 42.5 Å². The van der Waals surface area contributed by atoms with Gasteiger partial charge in [-0.2, -0.15) is 0 Å². The van der Waals surface area contributed by atoms with E-state index in [1.165, 1.54) is 6.07 Å². The summed E-state index contributed by atoms with van der Waals surface area (Å²) in [7, 11) is 0. The van der Waals surface area contributed by atoms with Crippen molar-refractivity contribution in [2.24, 2.45) is 5.73 Å². The lowest BCUT2D eigenvalue weighted by Crippen LogP contribution is -2.14. The third kappa shape index (κ3) is 2.41. The lowest BCUT2D eigenvalue weighted by atomic mass is 9.93. The second-order valence-electron chi connectivity index (χ2n) is 5.17. The number of benzene rings is 3. The highest BCUT2D eigenvalue weighted by molar-refractivity contribution is 5.86. The molecule has 3 aromatic carbocycles. The summed E-state index contributed by atoms with van der Waals surface area (Å²) in [5, 5.41) is 2.03. The highest BCUT2D eigenvalue weighted by atomic mass is 19.1. The zero-order chi connectivity index (χ0) is 15.0. The van der Waals surface area contributed by atoms with Gasteiger partial charge in [0, 0.05) is 11.6 Å². The third-order valence-electron chi connectivity index (χ3n) is 3.77. The highest BCUT2D eigenvalue weighted by Gasteiger charge is 2.17. The van der Waals surface area contributed by atoms with Crippen LogP contribution in [0.25, 0.3) is 10.8 Å². The van der Waals surface area contributed by atoms with Crippen LogP contribution in [0.1, 0.15) is 22.7 Å². The van der Waals surface area contributed by atoms with Crippen LogP contribution >= 0.6 is 0 Å². The lowest BCUT2D eigenvalue weighted by molar-refractivity contribution is 0.561. The molecule has 3 aromatic rings.